The SMILES string of the molecule is CC1C=C(N(c2ccccc2)c2cccc(-c3cccc4c3c3cc5ccccc5cc3n4-c3ccccc3)c2)C=CC1c1ccc(-c2ccccc2)cc1. The molecule has 1 aliphatic rings. The summed E-state index contributed by atoms with van der Waals surface area (Å²) in [6, 6.07) is 70.5. The van der Waals surface area contributed by atoms with Crippen LogP contribution in [0.5, 0.6) is 0 Å². The third kappa shape index (κ3) is 5.93. The first-order valence-electron chi connectivity index (χ1n) is 19.2. The second kappa shape index (κ2) is 13.8. The number of hydrogen-bond acceptors (Lipinski definition) is 1. The summed E-state index contributed by atoms with van der Waals surface area (Å²) >= 11 is 0. The van der Waals surface area contributed by atoms with E-state index in [2.05, 4.69) is 229 Å². The Hall–Kier alpha value is -6.90. The molecular weight excluding hydrogens is 665 g/mol. The lowest BCUT2D eigenvalue weighted by Gasteiger charge is -2.31. The lowest BCUT2D eigenvalue weighted by Crippen LogP contribution is -2.20. The second-order valence-electron chi connectivity index (χ2n) is 14.6. The van der Waals surface area contributed by atoms with Crippen LogP contribution in [0, 0.1) is 5.92 Å². The van der Waals surface area contributed by atoms with Gasteiger partial charge in [0.15, 0.2) is 0 Å². The summed E-state index contributed by atoms with van der Waals surface area (Å²) < 4.78 is 2.42. The molecule has 1 aromatic heterocycles. The highest BCUT2D eigenvalue weighted by molar-refractivity contribution is 6.18. The average molecular weight is 705 g/mol. The van der Waals surface area contributed by atoms with Crippen LogP contribution in [0.4, 0.5) is 11.4 Å². The molecule has 55 heavy (non-hydrogen) atoms. The van der Waals surface area contributed by atoms with E-state index in [0.29, 0.717) is 11.8 Å². The van der Waals surface area contributed by atoms with Gasteiger partial charge in [0, 0.05) is 39.4 Å². The van der Waals surface area contributed by atoms with Gasteiger partial charge in [0.1, 0.15) is 0 Å². The zero-order chi connectivity index (χ0) is 36.7. The molecule has 0 saturated heterocycles. The Balaban J connectivity index is 1.07. The first-order valence-corrected chi connectivity index (χ1v) is 19.2. The Morgan fingerprint density at radius 2 is 1.11 bits per heavy atom. The lowest BCUT2D eigenvalue weighted by molar-refractivity contribution is 0.628. The lowest BCUT2D eigenvalue weighted by atomic mass is 9.82. The Morgan fingerprint density at radius 3 is 1.85 bits per heavy atom. The first-order chi connectivity index (χ1) is 27.2. The minimum atomic E-state index is 0.299. The molecule has 2 atom stereocenters. The Kier molecular flexibility index (Phi) is 8.22. The van der Waals surface area contributed by atoms with E-state index in [1.807, 2.05) is 0 Å². The molecule has 0 aliphatic heterocycles. The third-order valence-electron chi connectivity index (χ3n) is 11.2. The van der Waals surface area contributed by atoms with E-state index in [1.54, 1.807) is 0 Å². The van der Waals surface area contributed by atoms with Gasteiger partial charge >= 0.3 is 0 Å². The van der Waals surface area contributed by atoms with Crippen molar-refractivity contribution in [2.75, 3.05) is 4.90 Å². The van der Waals surface area contributed by atoms with E-state index >= 15 is 0 Å². The fraction of sp³-hybridized carbons (Fsp3) is 0.0566. The molecule has 1 aliphatic carbocycles. The zero-order valence-corrected chi connectivity index (χ0v) is 30.8. The summed E-state index contributed by atoms with van der Waals surface area (Å²) in [6.45, 7) is 2.34. The van der Waals surface area contributed by atoms with Crippen molar-refractivity contribution in [3.63, 3.8) is 0 Å². The molecule has 0 radical (unpaired) electrons. The normalized spacial score (nSPS) is 15.4. The van der Waals surface area contributed by atoms with Crippen LogP contribution in [0.15, 0.2) is 218 Å². The largest absolute Gasteiger partial charge is 0.311 e. The molecule has 9 aromatic rings. The molecule has 10 rings (SSSR count). The number of para-hydroxylation sites is 2. The maximum atomic E-state index is 2.44. The van der Waals surface area contributed by atoms with E-state index in [1.165, 1.54) is 66.1 Å². The van der Waals surface area contributed by atoms with Crippen LogP contribution in [0.3, 0.4) is 0 Å². The maximum absolute atomic E-state index is 2.44. The van der Waals surface area contributed by atoms with E-state index in [0.717, 1.165) is 17.1 Å². The molecule has 2 heteroatoms. The Labute approximate surface area is 322 Å². The van der Waals surface area contributed by atoms with Gasteiger partial charge in [0.05, 0.1) is 11.0 Å². The van der Waals surface area contributed by atoms with Crippen molar-refractivity contribution in [1.29, 1.82) is 0 Å². The number of anilines is 2. The van der Waals surface area contributed by atoms with Gasteiger partial charge in [-0.1, -0.05) is 159 Å². The monoisotopic (exact) mass is 704 g/mol. The van der Waals surface area contributed by atoms with Gasteiger partial charge in [-0.3, -0.25) is 0 Å². The Morgan fingerprint density at radius 1 is 0.491 bits per heavy atom. The van der Waals surface area contributed by atoms with Gasteiger partial charge in [-0.2, -0.15) is 0 Å². The molecule has 0 N–H and O–H groups in total. The molecule has 2 nitrogen and oxygen atoms in total. The van der Waals surface area contributed by atoms with Gasteiger partial charge in [0.2, 0.25) is 0 Å². The Bertz CT molecular complexity index is 2860. The van der Waals surface area contributed by atoms with Crippen LogP contribution in [0.25, 0.3) is 60.5 Å². The molecule has 0 bridgehead atoms. The summed E-state index contributed by atoms with van der Waals surface area (Å²) in [4.78, 5) is 2.41. The number of hydrogen-bond donors (Lipinski definition) is 0. The fourth-order valence-corrected chi connectivity index (χ4v) is 8.58. The predicted octanol–water partition coefficient (Wildman–Crippen LogP) is 14.3. The second-order valence-corrected chi connectivity index (χ2v) is 14.6. The van der Waals surface area contributed by atoms with Gasteiger partial charge < -0.3 is 9.47 Å². The molecule has 8 aromatic carbocycles. The number of rotatable bonds is 7. The minimum absolute atomic E-state index is 0.299. The molecule has 262 valence electrons. The summed E-state index contributed by atoms with van der Waals surface area (Å²) in [7, 11) is 0. The van der Waals surface area contributed by atoms with Crippen molar-refractivity contribution in [1.82, 2.24) is 4.57 Å². The minimum Gasteiger partial charge on any atom is -0.311 e. The van der Waals surface area contributed by atoms with E-state index in [4.69, 9.17) is 0 Å². The highest BCUT2D eigenvalue weighted by atomic mass is 15.1. The van der Waals surface area contributed by atoms with Crippen molar-refractivity contribution >= 4 is 44.0 Å². The van der Waals surface area contributed by atoms with Crippen LogP contribution in [0.1, 0.15) is 18.4 Å². The summed E-state index contributed by atoms with van der Waals surface area (Å²) in [6.07, 6.45) is 7.14. The van der Waals surface area contributed by atoms with Crippen molar-refractivity contribution < 1.29 is 0 Å². The number of nitrogens with zero attached hydrogens (tertiary/aromatic N) is 2. The summed E-state index contributed by atoms with van der Waals surface area (Å²) in [5.41, 5.74) is 13.3. The van der Waals surface area contributed by atoms with Gasteiger partial charge in [0.25, 0.3) is 0 Å². The van der Waals surface area contributed by atoms with Crippen LogP contribution < -0.4 is 4.90 Å². The quantitative estimate of drug-likeness (QED) is 0.160. The summed E-state index contributed by atoms with van der Waals surface area (Å²) in [5, 5.41) is 5.01. The van der Waals surface area contributed by atoms with Gasteiger partial charge in [-0.25, -0.2) is 0 Å². The zero-order valence-electron chi connectivity index (χ0n) is 30.8. The first kappa shape index (κ1) is 32.7. The predicted molar refractivity (Wildman–Crippen MR) is 233 cm³/mol. The number of fused-ring (bicyclic) bond motifs is 4. The molecule has 0 spiro atoms. The van der Waals surface area contributed by atoms with Crippen molar-refractivity contribution in [3.05, 3.63) is 224 Å². The standard InChI is InChI=1S/C53H40N2/c1-37-33-47(31-32-48(37)40-29-27-39(28-30-40)38-15-5-2-6-16-38)54(44-20-7-3-8-21-44)46-24-13-19-43(34-46)49-25-14-26-51-53(49)50-35-41-17-11-12-18-42(41)36-52(50)55(51)45-22-9-4-10-23-45/h2-37,48H,1H3. The maximum Gasteiger partial charge on any atom is 0.0547 e. The van der Waals surface area contributed by atoms with Crippen LogP contribution in [-0.4, -0.2) is 4.57 Å². The average Bonchev–Trinajstić information content (AvgIpc) is 3.57. The van der Waals surface area contributed by atoms with Crippen molar-refractivity contribution in [2.45, 2.75) is 12.8 Å². The highest BCUT2D eigenvalue weighted by Crippen LogP contribution is 2.43. The molecule has 2 unspecified atom stereocenters. The fourth-order valence-electron chi connectivity index (χ4n) is 8.58. The van der Waals surface area contributed by atoms with E-state index in [9.17, 15) is 0 Å². The van der Waals surface area contributed by atoms with Crippen molar-refractivity contribution in [3.8, 4) is 27.9 Å². The number of allylic oxidation sites excluding steroid dienone is 3. The van der Waals surface area contributed by atoms with Gasteiger partial charge in [-0.15, -0.1) is 0 Å². The summed E-state index contributed by atoms with van der Waals surface area (Å²) in [5.74, 6) is 0.609. The van der Waals surface area contributed by atoms with Crippen molar-refractivity contribution in [2.24, 2.45) is 5.92 Å². The van der Waals surface area contributed by atoms with Crippen LogP contribution >= 0.6 is 0 Å². The third-order valence-corrected chi connectivity index (χ3v) is 11.2. The topological polar surface area (TPSA) is 8.17 Å². The number of benzene rings is 8. The molecule has 1 heterocycles. The van der Waals surface area contributed by atoms with E-state index in [-0.39, 0.29) is 0 Å². The molecule has 0 amide bonds. The van der Waals surface area contributed by atoms with Crippen LogP contribution in [-0.2, 0) is 0 Å². The molecule has 0 fully saturated rings. The number of aromatic nitrogens is 1. The van der Waals surface area contributed by atoms with E-state index < -0.39 is 0 Å². The smallest absolute Gasteiger partial charge is 0.0547 e. The molecular formula is C53H40N2. The van der Waals surface area contributed by atoms with Gasteiger partial charge in [-0.05, 0) is 105 Å². The highest BCUT2D eigenvalue weighted by Gasteiger charge is 2.24. The van der Waals surface area contributed by atoms with Crippen LogP contribution in [0.2, 0.25) is 0 Å². The molecule has 0 saturated carbocycles.